The van der Waals surface area contributed by atoms with Crippen molar-refractivity contribution < 1.29 is 0 Å². The van der Waals surface area contributed by atoms with E-state index < -0.39 is 5.41 Å². The summed E-state index contributed by atoms with van der Waals surface area (Å²) in [7, 11) is 0. The number of para-hydroxylation sites is 1. The van der Waals surface area contributed by atoms with Gasteiger partial charge in [0.25, 0.3) is 0 Å². The minimum atomic E-state index is -0.418. The minimum Gasteiger partial charge on any atom is -0.310 e. The highest BCUT2D eigenvalue weighted by molar-refractivity contribution is 9.10. The molecule has 0 atom stereocenters. The second-order valence-corrected chi connectivity index (χ2v) is 11.7. The molecular formula is C33H23Br2N. The Bertz CT molecular complexity index is 1650. The maximum atomic E-state index is 3.80. The van der Waals surface area contributed by atoms with Crippen molar-refractivity contribution in [3.8, 4) is 11.1 Å². The summed E-state index contributed by atoms with van der Waals surface area (Å²) < 4.78 is 2.19. The van der Waals surface area contributed by atoms with E-state index >= 15 is 0 Å². The van der Waals surface area contributed by atoms with Crippen molar-refractivity contribution in [2.24, 2.45) is 0 Å². The molecule has 2 aliphatic rings. The average molecular weight is 593 g/mol. The van der Waals surface area contributed by atoms with Crippen LogP contribution < -0.4 is 4.90 Å². The van der Waals surface area contributed by atoms with Gasteiger partial charge < -0.3 is 4.90 Å². The SMILES string of the molecule is Cc1cccc(N2c3ccccc3C3(c4cc(Br)ccc4-c4ccc(Br)cc43)c3ccc(C)cc32)c1. The number of nitrogens with zero attached hydrogens (tertiary/aromatic N) is 1. The first-order chi connectivity index (χ1) is 17.5. The van der Waals surface area contributed by atoms with E-state index in [1.807, 2.05) is 0 Å². The summed E-state index contributed by atoms with van der Waals surface area (Å²) >= 11 is 7.61. The fraction of sp³-hybridized carbons (Fsp3) is 0.0909. The zero-order valence-corrected chi connectivity index (χ0v) is 23.2. The van der Waals surface area contributed by atoms with Gasteiger partial charge in [-0.05, 0) is 107 Å². The molecule has 0 fully saturated rings. The molecule has 0 amide bonds. The van der Waals surface area contributed by atoms with E-state index in [0.717, 1.165) is 8.95 Å². The predicted molar refractivity (Wildman–Crippen MR) is 157 cm³/mol. The van der Waals surface area contributed by atoms with Crippen LogP contribution in [-0.4, -0.2) is 0 Å². The molecule has 1 aliphatic carbocycles. The molecule has 0 bridgehead atoms. The number of rotatable bonds is 1. The maximum Gasteiger partial charge on any atom is 0.0755 e. The first-order valence-electron chi connectivity index (χ1n) is 12.2. The first-order valence-corrected chi connectivity index (χ1v) is 13.7. The second-order valence-electron chi connectivity index (χ2n) is 9.84. The third kappa shape index (κ3) is 2.93. The lowest BCUT2D eigenvalue weighted by Crippen LogP contribution is -2.36. The summed E-state index contributed by atoms with van der Waals surface area (Å²) in [4.78, 5) is 2.45. The fourth-order valence-electron chi connectivity index (χ4n) is 6.30. The maximum absolute atomic E-state index is 3.80. The Morgan fingerprint density at radius 2 is 1.17 bits per heavy atom. The van der Waals surface area contributed by atoms with Crippen LogP contribution >= 0.6 is 31.9 Å². The third-order valence-corrected chi connectivity index (χ3v) is 8.65. The molecule has 0 unspecified atom stereocenters. The van der Waals surface area contributed by atoms with E-state index in [0.29, 0.717) is 0 Å². The van der Waals surface area contributed by atoms with E-state index in [4.69, 9.17) is 0 Å². The Labute approximate surface area is 228 Å². The zero-order valence-electron chi connectivity index (χ0n) is 20.0. The van der Waals surface area contributed by atoms with Gasteiger partial charge in [-0.15, -0.1) is 0 Å². The Hall–Kier alpha value is -3.14. The average Bonchev–Trinajstić information content (AvgIpc) is 3.13. The summed E-state index contributed by atoms with van der Waals surface area (Å²) in [6, 6.07) is 38.2. The number of hydrogen-bond acceptors (Lipinski definition) is 1. The number of fused-ring (bicyclic) bond motifs is 9. The van der Waals surface area contributed by atoms with Gasteiger partial charge in [0.15, 0.2) is 0 Å². The standard InChI is InChI=1S/C33H23Br2N/c1-20-6-5-7-24(16-20)36-31-9-4-3-8-27(31)33(28-15-10-21(2)17-32(28)36)29-18-22(34)11-13-25(29)26-14-12-23(35)19-30(26)33/h3-19H,1-2H3. The lowest BCUT2D eigenvalue weighted by molar-refractivity contribution is 0.751. The van der Waals surface area contributed by atoms with Crippen LogP contribution in [0.4, 0.5) is 17.1 Å². The molecule has 0 N–H and O–H groups in total. The summed E-state index contributed by atoms with van der Waals surface area (Å²) in [6.45, 7) is 4.35. The highest BCUT2D eigenvalue weighted by atomic mass is 79.9. The van der Waals surface area contributed by atoms with Gasteiger partial charge in [-0.2, -0.15) is 0 Å². The zero-order chi connectivity index (χ0) is 24.6. The van der Waals surface area contributed by atoms with E-state index in [1.165, 1.54) is 61.6 Å². The van der Waals surface area contributed by atoms with Crippen LogP contribution in [0.5, 0.6) is 0 Å². The largest absolute Gasteiger partial charge is 0.310 e. The van der Waals surface area contributed by atoms with Gasteiger partial charge in [0.2, 0.25) is 0 Å². The monoisotopic (exact) mass is 591 g/mol. The fourth-order valence-corrected chi connectivity index (χ4v) is 7.02. The molecule has 1 aliphatic heterocycles. The Morgan fingerprint density at radius 1 is 0.528 bits per heavy atom. The Kier molecular flexibility index (Phi) is 4.86. The molecule has 0 radical (unpaired) electrons. The Morgan fingerprint density at radius 3 is 1.86 bits per heavy atom. The smallest absolute Gasteiger partial charge is 0.0755 e. The molecule has 1 heterocycles. The molecule has 0 saturated heterocycles. The summed E-state index contributed by atoms with van der Waals surface area (Å²) in [5.74, 6) is 0. The van der Waals surface area contributed by atoms with Gasteiger partial charge in [0.1, 0.15) is 0 Å². The molecule has 5 aromatic carbocycles. The van der Waals surface area contributed by atoms with Crippen LogP contribution in [0.3, 0.4) is 0 Å². The van der Waals surface area contributed by atoms with Crippen molar-refractivity contribution in [2.45, 2.75) is 19.3 Å². The van der Waals surface area contributed by atoms with E-state index in [9.17, 15) is 0 Å². The molecule has 174 valence electrons. The van der Waals surface area contributed by atoms with Gasteiger partial charge in [-0.1, -0.05) is 86.5 Å². The van der Waals surface area contributed by atoms with Crippen molar-refractivity contribution in [2.75, 3.05) is 4.90 Å². The summed E-state index contributed by atoms with van der Waals surface area (Å²) in [5.41, 5.74) is 13.6. The highest BCUT2D eigenvalue weighted by Gasteiger charge is 2.51. The first kappa shape index (κ1) is 22.1. The van der Waals surface area contributed by atoms with Crippen molar-refractivity contribution in [3.63, 3.8) is 0 Å². The van der Waals surface area contributed by atoms with Crippen molar-refractivity contribution in [1.82, 2.24) is 0 Å². The van der Waals surface area contributed by atoms with E-state index in [2.05, 4.69) is 154 Å². The molecule has 0 saturated carbocycles. The normalized spacial score (nSPS) is 14.3. The van der Waals surface area contributed by atoms with Crippen molar-refractivity contribution in [3.05, 3.63) is 145 Å². The molecule has 1 spiro atoms. The van der Waals surface area contributed by atoms with Crippen molar-refractivity contribution in [1.29, 1.82) is 0 Å². The van der Waals surface area contributed by atoms with Gasteiger partial charge in [-0.3, -0.25) is 0 Å². The third-order valence-electron chi connectivity index (χ3n) is 7.67. The van der Waals surface area contributed by atoms with Crippen LogP contribution in [0.2, 0.25) is 0 Å². The van der Waals surface area contributed by atoms with Gasteiger partial charge in [0.05, 0.1) is 16.8 Å². The summed E-state index contributed by atoms with van der Waals surface area (Å²) in [5, 5.41) is 0. The minimum absolute atomic E-state index is 0.418. The van der Waals surface area contributed by atoms with Crippen LogP contribution in [0.25, 0.3) is 11.1 Å². The van der Waals surface area contributed by atoms with Gasteiger partial charge in [0, 0.05) is 14.6 Å². The molecule has 3 heteroatoms. The highest BCUT2D eigenvalue weighted by Crippen LogP contribution is 2.63. The lowest BCUT2D eigenvalue weighted by atomic mass is 9.64. The molecule has 1 nitrogen and oxygen atoms in total. The van der Waals surface area contributed by atoms with Crippen molar-refractivity contribution >= 4 is 48.9 Å². The van der Waals surface area contributed by atoms with Crippen LogP contribution in [0.15, 0.2) is 112 Å². The van der Waals surface area contributed by atoms with Crippen LogP contribution in [0.1, 0.15) is 33.4 Å². The number of benzene rings is 5. The molecule has 0 aromatic heterocycles. The predicted octanol–water partition coefficient (Wildman–Crippen LogP) is 9.97. The van der Waals surface area contributed by atoms with Gasteiger partial charge >= 0.3 is 0 Å². The Balaban J connectivity index is 1.68. The lowest BCUT2D eigenvalue weighted by Gasteiger charge is -2.45. The topological polar surface area (TPSA) is 3.24 Å². The van der Waals surface area contributed by atoms with Crippen LogP contribution in [0, 0.1) is 13.8 Å². The van der Waals surface area contributed by atoms with Crippen LogP contribution in [-0.2, 0) is 5.41 Å². The quantitative estimate of drug-likeness (QED) is 0.183. The second kappa shape index (κ2) is 7.93. The number of hydrogen-bond donors (Lipinski definition) is 0. The number of anilines is 3. The molecule has 5 aromatic rings. The number of aryl methyl sites for hydroxylation is 2. The molecular weight excluding hydrogens is 570 g/mol. The van der Waals surface area contributed by atoms with E-state index in [-0.39, 0.29) is 0 Å². The molecule has 36 heavy (non-hydrogen) atoms. The summed E-state index contributed by atoms with van der Waals surface area (Å²) in [6.07, 6.45) is 0. The molecule has 7 rings (SSSR count). The van der Waals surface area contributed by atoms with Gasteiger partial charge in [-0.25, -0.2) is 0 Å². The number of halogens is 2. The van der Waals surface area contributed by atoms with E-state index in [1.54, 1.807) is 0 Å².